The predicted molar refractivity (Wildman–Crippen MR) is 134 cm³/mol. The van der Waals surface area contributed by atoms with Gasteiger partial charge in [0, 0.05) is 40.3 Å². The molecule has 4 rings (SSSR count). The maximum atomic E-state index is 14.1. The van der Waals surface area contributed by atoms with E-state index >= 15 is 0 Å². The summed E-state index contributed by atoms with van der Waals surface area (Å²) in [6.45, 7) is 3.80. The van der Waals surface area contributed by atoms with Crippen LogP contribution in [-0.2, 0) is 14.5 Å². The zero-order valence-electron chi connectivity index (χ0n) is 20.0. The van der Waals surface area contributed by atoms with E-state index in [9.17, 15) is 8.60 Å². The number of aromatic nitrogens is 2. The van der Waals surface area contributed by atoms with Gasteiger partial charge in [-0.3, -0.25) is 0 Å². The van der Waals surface area contributed by atoms with Crippen LogP contribution in [0.4, 0.5) is 21.6 Å². The fourth-order valence-electron chi connectivity index (χ4n) is 4.20. The van der Waals surface area contributed by atoms with Crippen LogP contribution < -0.4 is 10.1 Å². The third-order valence-electron chi connectivity index (χ3n) is 6.20. The van der Waals surface area contributed by atoms with Gasteiger partial charge in [-0.15, -0.1) is 0 Å². The standard InChI is InChI=1S/C25H31FN4O3S/c1-5-34(4,31)30-18-12-16(2)24-22(14-18)27-15-28-25(24)29-21-11-6-17(26)13-23(21)33-20-9-7-19(32-3)8-10-20/h6,11-15,19-20H,5,7-10H2,1-4H3,(H,27,28,29). The fourth-order valence-corrected chi connectivity index (χ4v) is 4.88. The van der Waals surface area contributed by atoms with E-state index < -0.39 is 9.73 Å². The van der Waals surface area contributed by atoms with E-state index in [2.05, 4.69) is 19.6 Å². The van der Waals surface area contributed by atoms with Gasteiger partial charge in [0.05, 0.1) is 29.1 Å². The SMILES string of the molecule is CCS(C)(=O)=Nc1cc(C)c2c(Nc3ccc(F)cc3OC3CCC(OC)CC3)ncnc2c1. The van der Waals surface area contributed by atoms with E-state index in [1.807, 2.05) is 26.0 Å². The highest BCUT2D eigenvalue weighted by Gasteiger charge is 2.23. The molecule has 1 saturated carbocycles. The lowest BCUT2D eigenvalue weighted by atomic mass is 9.95. The Kier molecular flexibility index (Phi) is 7.33. The minimum Gasteiger partial charge on any atom is -0.488 e. The Morgan fingerprint density at radius 2 is 1.88 bits per heavy atom. The minimum absolute atomic E-state index is 0.00395. The summed E-state index contributed by atoms with van der Waals surface area (Å²) in [4.78, 5) is 8.84. The van der Waals surface area contributed by atoms with Gasteiger partial charge in [0.15, 0.2) is 0 Å². The molecule has 0 radical (unpaired) electrons. The summed E-state index contributed by atoms with van der Waals surface area (Å²) in [5, 5.41) is 4.13. The maximum absolute atomic E-state index is 14.1. The molecular weight excluding hydrogens is 455 g/mol. The van der Waals surface area contributed by atoms with Crippen LogP contribution in [0, 0.1) is 12.7 Å². The quantitative estimate of drug-likeness (QED) is 0.447. The number of aryl methyl sites for hydroxylation is 1. The average molecular weight is 487 g/mol. The smallest absolute Gasteiger partial charge is 0.146 e. The molecule has 1 aliphatic carbocycles. The third kappa shape index (κ3) is 5.64. The summed E-state index contributed by atoms with van der Waals surface area (Å²) in [5.74, 6) is 1.15. The van der Waals surface area contributed by atoms with Gasteiger partial charge in [0.2, 0.25) is 0 Å². The number of nitrogens with zero attached hydrogens (tertiary/aromatic N) is 3. The Balaban J connectivity index is 1.65. The van der Waals surface area contributed by atoms with Crippen molar-refractivity contribution in [1.82, 2.24) is 9.97 Å². The third-order valence-corrected chi connectivity index (χ3v) is 7.87. The van der Waals surface area contributed by atoms with Crippen molar-refractivity contribution in [1.29, 1.82) is 0 Å². The van der Waals surface area contributed by atoms with Gasteiger partial charge in [-0.2, -0.15) is 4.36 Å². The fraction of sp³-hybridized carbons (Fsp3) is 0.440. The first kappa shape index (κ1) is 24.3. The van der Waals surface area contributed by atoms with Crippen LogP contribution in [0.5, 0.6) is 5.75 Å². The summed E-state index contributed by atoms with van der Waals surface area (Å²) in [6.07, 6.45) is 6.93. The zero-order valence-corrected chi connectivity index (χ0v) is 20.8. The van der Waals surface area contributed by atoms with Crippen molar-refractivity contribution in [2.45, 2.75) is 51.7 Å². The number of ether oxygens (including phenoxy) is 2. The van der Waals surface area contributed by atoms with Crippen LogP contribution in [0.2, 0.25) is 0 Å². The van der Waals surface area contributed by atoms with Gasteiger partial charge < -0.3 is 14.8 Å². The number of anilines is 2. The largest absolute Gasteiger partial charge is 0.488 e. The first-order chi connectivity index (χ1) is 16.3. The molecule has 34 heavy (non-hydrogen) atoms. The summed E-state index contributed by atoms with van der Waals surface area (Å²) in [6, 6.07) is 8.15. The Morgan fingerprint density at radius 1 is 1.15 bits per heavy atom. The van der Waals surface area contributed by atoms with Crippen LogP contribution in [-0.4, -0.2) is 45.5 Å². The van der Waals surface area contributed by atoms with E-state index in [1.165, 1.54) is 18.5 Å². The Hall–Kier alpha value is -2.78. The highest BCUT2D eigenvalue weighted by Crippen LogP contribution is 2.35. The van der Waals surface area contributed by atoms with E-state index in [1.54, 1.807) is 19.4 Å². The van der Waals surface area contributed by atoms with Gasteiger partial charge in [-0.1, -0.05) is 6.92 Å². The van der Waals surface area contributed by atoms with Gasteiger partial charge in [-0.25, -0.2) is 18.6 Å². The number of rotatable bonds is 7. The summed E-state index contributed by atoms with van der Waals surface area (Å²) >= 11 is 0. The van der Waals surface area contributed by atoms with Crippen molar-refractivity contribution in [2.75, 3.05) is 24.4 Å². The molecule has 1 aromatic heterocycles. The molecule has 1 atom stereocenters. The lowest BCUT2D eigenvalue weighted by Gasteiger charge is -2.28. The lowest BCUT2D eigenvalue weighted by Crippen LogP contribution is -2.27. The maximum Gasteiger partial charge on any atom is 0.146 e. The molecule has 0 spiro atoms. The molecule has 3 aromatic rings. The second kappa shape index (κ2) is 10.2. The molecule has 1 N–H and O–H groups in total. The topological polar surface area (TPSA) is 85.7 Å². The molecule has 1 aliphatic rings. The molecule has 0 amide bonds. The molecular formula is C25H31FN4O3S. The van der Waals surface area contributed by atoms with Crippen LogP contribution in [0.3, 0.4) is 0 Å². The predicted octanol–water partition coefficient (Wildman–Crippen LogP) is 5.91. The number of hydrogen-bond donors (Lipinski definition) is 1. The van der Waals surface area contributed by atoms with Crippen LogP contribution in [0.25, 0.3) is 10.9 Å². The first-order valence-corrected chi connectivity index (χ1v) is 13.6. The lowest BCUT2D eigenvalue weighted by molar-refractivity contribution is 0.0329. The number of benzene rings is 2. The molecule has 182 valence electrons. The summed E-state index contributed by atoms with van der Waals surface area (Å²) in [5.41, 5.74) is 2.84. The second-order valence-corrected chi connectivity index (χ2v) is 11.4. The molecule has 1 unspecified atom stereocenters. The summed E-state index contributed by atoms with van der Waals surface area (Å²) < 4.78 is 42.6. The van der Waals surface area contributed by atoms with Crippen molar-refractivity contribution in [3.63, 3.8) is 0 Å². The number of halogens is 1. The van der Waals surface area contributed by atoms with Crippen molar-refractivity contribution in [2.24, 2.45) is 4.36 Å². The average Bonchev–Trinajstić information content (AvgIpc) is 2.81. The molecule has 9 heteroatoms. The summed E-state index contributed by atoms with van der Waals surface area (Å²) in [7, 11) is -0.558. The van der Waals surface area contributed by atoms with Crippen molar-refractivity contribution in [3.05, 3.63) is 48.0 Å². The van der Waals surface area contributed by atoms with E-state index in [0.717, 1.165) is 36.6 Å². The van der Waals surface area contributed by atoms with Crippen molar-refractivity contribution < 1.29 is 18.1 Å². The van der Waals surface area contributed by atoms with Gasteiger partial charge in [0.1, 0.15) is 23.7 Å². The normalized spacial score (nSPS) is 20.0. The van der Waals surface area contributed by atoms with E-state index in [-0.39, 0.29) is 18.0 Å². The van der Waals surface area contributed by atoms with Crippen LogP contribution >= 0.6 is 0 Å². The van der Waals surface area contributed by atoms with Gasteiger partial charge in [-0.05, 0) is 62.4 Å². The van der Waals surface area contributed by atoms with E-state index in [4.69, 9.17) is 9.47 Å². The first-order valence-electron chi connectivity index (χ1n) is 11.5. The van der Waals surface area contributed by atoms with Crippen LogP contribution in [0.15, 0.2) is 41.0 Å². The monoisotopic (exact) mass is 486 g/mol. The molecule has 0 aliphatic heterocycles. The Morgan fingerprint density at radius 3 is 2.59 bits per heavy atom. The highest BCUT2D eigenvalue weighted by molar-refractivity contribution is 7.93. The molecule has 7 nitrogen and oxygen atoms in total. The molecule has 0 saturated heterocycles. The molecule has 0 bridgehead atoms. The number of methoxy groups -OCH3 is 1. The molecule has 2 aromatic carbocycles. The second-order valence-electron chi connectivity index (χ2n) is 8.74. The van der Waals surface area contributed by atoms with Crippen molar-refractivity contribution in [3.8, 4) is 5.75 Å². The molecule has 1 heterocycles. The Labute approximate surface area is 200 Å². The van der Waals surface area contributed by atoms with Crippen molar-refractivity contribution >= 4 is 37.8 Å². The highest BCUT2D eigenvalue weighted by atomic mass is 32.2. The number of nitrogens with one attached hydrogen (secondary N) is 1. The van der Waals surface area contributed by atoms with Gasteiger partial charge in [0.25, 0.3) is 0 Å². The minimum atomic E-state index is -2.29. The van der Waals surface area contributed by atoms with Gasteiger partial charge >= 0.3 is 0 Å². The van der Waals surface area contributed by atoms with Crippen LogP contribution in [0.1, 0.15) is 38.2 Å². The van der Waals surface area contributed by atoms with E-state index in [0.29, 0.717) is 34.2 Å². The number of hydrogen-bond acceptors (Lipinski definition) is 7. The number of fused-ring (bicyclic) bond motifs is 1. The zero-order chi connectivity index (χ0) is 24.3. The Bertz CT molecular complexity index is 1300. The molecule has 1 fully saturated rings.